The Kier molecular flexibility index (Phi) is 7.48. The van der Waals surface area contributed by atoms with Gasteiger partial charge in [0.1, 0.15) is 5.60 Å². The van der Waals surface area contributed by atoms with Crippen LogP contribution >= 0.6 is 0 Å². The summed E-state index contributed by atoms with van der Waals surface area (Å²) in [6.07, 6.45) is -0.405. The van der Waals surface area contributed by atoms with E-state index in [-0.39, 0.29) is 11.8 Å². The maximum Gasteiger partial charge on any atom is 0.411 e. The van der Waals surface area contributed by atoms with Gasteiger partial charge in [-0.3, -0.25) is 14.8 Å². The summed E-state index contributed by atoms with van der Waals surface area (Å²) >= 11 is 0. The van der Waals surface area contributed by atoms with Crippen molar-refractivity contribution in [2.45, 2.75) is 73.1 Å². The van der Waals surface area contributed by atoms with E-state index in [0.29, 0.717) is 24.7 Å². The third-order valence-corrected chi connectivity index (χ3v) is 4.65. The first-order valence-electron chi connectivity index (χ1n) is 10.4. The number of hydrogen-bond donors (Lipinski definition) is 2. The number of aromatic amines is 1. The van der Waals surface area contributed by atoms with Crippen molar-refractivity contribution >= 4 is 23.7 Å². The first-order chi connectivity index (χ1) is 14.8. The number of carbonyl (C=O) groups excluding carboxylic acids is 2. The van der Waals surface area contributed by atoms with Gasteiger partial charge in [-0.2, -0.15) is 5.10 Å². The molecule has 10 heteroatoms. The van der Waals surface area contributed by atoms with Crippen molar-refractivity contribution in [3.05, 3.63) is 34.9 Å². The van der Waals surface area contributed by atoms with Crippen molar-refractivity contribution in [2.75, 3.05) is 11.9 Å². The van der Waals surface area contributed by atoms with Gasteiger partial charge in [0.25, 0.3) is 0 Å². The largest absolute Gasteiger partial charge is 0.466 e. The second kappa shape index (κ2) is 9.54. The summed E-state index contributed by atoms with van der Waals surface area (Å²) in [5, 5.41) is 10.1. The molecule has 0 radical (unpaired) electrons. The molecular formula is C22H32FN5O4. The van der Waals surface area contributed by atoms with E-state index in [1.807, 2.05) is 34.6 Å². The van der Waals surface area contributed by atoms with Crippen LogP contribution in [0.1, 0.15) is 65.4 Å². The van der Waals surface area contributed by atoms with E-state index >= 15 is 0 Å². The number of fused-ring (bicyclic) bond motifs is 1. The number of carbonyl (C=O) groups is 2. The van der Waals surface area contributed by atoms with Crippen molar-refractivity contribution in [1.82, 2.24) is 20.1 Å². The Labute approximate surface area is 187 Å². The number of rotatable bonds is 3. The SMILES string of the molecule is CCOC(C)=O.Cc1ccc(F)c(Nc2n[nH]c3c2CN(C(=O)OC(C)(C)C)C3(C)C)n1. The maximum absolute atomic E-state index is 14.0. The third-order valence-electron chi connectivity index (χ3n) is 4.65. The van der Waals surface area contributed by atoms with Crippen molar-refractivity contribution in [1.29, 1.82) is 0 Å². The van der Waals surface area contributed by atoms with Crippen molar-refractivity contribution in [2.24, 2.45) is 0 Å². The minimum atomic E-state index is -0.622. The lowest BCUT2D eigenvalue weighted by Gasteiger charge is -2.33. The molecule has 1 aliphatic rings. The summed E-state index contributed by atoms with van der Waals surface area (Å²) in [4.78, 5) is 28.2. The highest BCUT2D eigenvalue weighted by atomic mass is 19.1. The van der Waals surface area contributed by atoms with E-state index in [1.165, 1.54) is 13.0 Å². The van der Waals surface area contributed by atoms with Gasteiger partial charge >= 0.3 is 12.1 Å². The summed E-state index contributed by atoms with van der Waals surface area (Å²) in [5.74, 6) is -0.116. The fourth-order valence-electron chi connectivity index (χ4n) is 3.17. The van der Waals surface area contributed by atoms with Crippen LogP contribution in [0.5, 0.6) is 0 Å². The smallest absolute Gasteiger partial charge is 0.411 e. The number of H-pyrrole nitrogens is 1. The molecule has 0 atom stereocenters. The molecule has 0 spiro atoms. The highest BCUT2D eigenvalue weighted by Crippen LogP contribution is 2.41. The number of nitrogens with zero attached hydrogens (tertiary/aromatic N) is 3. The minimum absolute atomic E-state index is 0.104. The Balaban J connectivity index is 0.000000534. The van der Waals surface area contributed by atoms with Crippen LogP contribution in [0.2, 0.25) is 0 Å². The molecule has 9 nitrogen and oxygen atoms in total. The molecule has 3 rings (SSSR count). The molecule has 0 unspecified atom stereocenters. The Morgan fingerprint density at radius 2 is 1.94 bits per heavy atom. The van der Waals surface area contributed by atoms with Crippen LogP contribution < -0.4 is 5.32 Å². The molecule has 0 aromatic carbocycles. The van der Waals surface area contributed by atoms with Crippen LogP contribution in [-0.4, -0.2) is 44.4 Å². The molecule has 1 amide bonds. The van der Waals surface area contributed by atoms with E-state index in [2.05, 4.69) is 25.2 Å². The van der Waals surface area contributed by atoms with Gasteiger partial charge in [-0.1, -0.05) is 0 Å². The maximum atomic E-state index is 14.0. The van der Waals surface area contributed by atoms with Gasteiger partial charge in [-0.05, 0) is 60.6 Å². The predicted octanol–water partition coefficient (Wildman–Crippen LogP) is 4.55. The molecule has 176 valence electrons. The van der Waals surface area contributed by atoms with E-state index in [4.69, 9.17) is 4.74 Å². The number of anilines is 2. The van der Waals surface area contributed by atoms with Crippen LogP contribution in [-0.2, 0) is 26.4 Å². The zero-order valence-corrected chi connectivity index (χ0v) is 19.9. The zero-order valence-electron chi connectivity index (χ0n) is 19.9. The third kappa shape index (κ3) is 5.95. The molecule has 0 saturated heterocycles. The number of amides is 1. The first kappa shape index (κ1) is 25.1. The van der Waals surface area contributed by atoms with E-state index in [1.54, 1.807) is 24.8 Å². The van der Waals surface area contributed by atoms with Gasteiger partial charge in [0, 0.05) is 18.2 Å². The molecule has 1 aliphatic heterocycles. The number of esters is 1. The van der Waals surface area contributed by atoms with Gasteiger partial charge in [0.05, 0.1) is 24.4 Å². The van der Waals surface area contributed by atoms with E-state index < -0.39 is 23.1 Å². The molecule has 3 heterocycles. The number of hydrogen-bond acceptors (Lipinski definition) is 7. The predicted molar refractivity (Wildman–Crippen MR) is 118 cm³/mol. The normalized spacial score (nSPS) is 14.2. The van der Waals surface area contributed by atoms with Gasteiger partial charge in [0.15, 0.2) is 17.5 Å². The Morgan fingerprint density at radius 1 is 1.28 bits per heavy atom. The lowest BCUT2D eigenvalue weighted by Crippen LogP contribution is -2.43. The van der Waals surface area contributed by atoms with Gasteiger partial charge in [0.2, 0.25) is 0 Å². The van der Waals surface area contributed by atoms with Crippen LogP contribution in [0.3, 0.4) is 0 Å². The van der Waals surface area contributed by atoms with Crippen LogP contribution in [0, 0.1) is 12.7 Å². The Hall–Kier alpha value is -3.17. The number of pyridine rings is 1. The fourth-order valence-corrected chi connectivity index (χ4v) is 3.17. The van der Waals surface area contributed by atoms with Crippen LogP contribution in [0.15, 0.2) is 12.1 Å². The summed E-state index contributed by atoms with van der Waals surface area (Å²) in [5.41, 5.74) is 1.07. The standard InChI is InChI=1S/C18H24FN5O2.C4H8O2/c1-10-7-8-12(19)15(20-10)21-14-11-9-24(16(25)26-17(2,3)4)18(5,6)13(11)22-23-14;1-3-6-4(2)5/h7-8H,9H2,1-6H3,(H2,20,21,22,23);3H2,1-2H3. The van der Waals surface area contributed by atoms with Crippen LogP contribution in [0.4, 0.5) is 20.8 Å². The monoisotopic (exact) mass is 449 g/mol. The summed E-state index contributed by atoms with van der Waals surface area (Å²) in [6.45, 7) is 15.1. The van der Waals surface area contributed by atoms with Gasteiger partial charge in [-0.15, -0.1) is 0 Å². The highest BCUT2D eigenvalue weighted by Gasteiger charge is 2.45. The molecule has 0 aliphatic carbocycles. The van der Waals surface area contributed by atoms with Crippen molar-refractivity contribution in [3.63, 3.8) is 0 Å². The molecule has 32 heavy (non-hydrogen) atoms. The average Bonchev–Trinajstić information content (AvgIpc) is 3.16. The number of ether oxygens (including phenoxy) is 2. The number of halogens is 1. The average molecular weight is 450 g/mol. The summed E-state index contributed by atoms with van der Waals surface area (Å²) < 4.78 is 23.9. The number of aryl methyl sites for hydroxylation is 1. The molecule has 2 aromatic rings. The molecule has 2 N–H and O–H groups in total. The molecule has 0 saturated carbocycles. The van der Waals surface area contributed by atoms with Crippen LogP contribution in [0.25, 0.3) is 0 Å². The van der Waals surface area contributed by atoms with Crippen molar-refractivity contribution < 1.29 is 23.5 Å². The second-order valence-corrected chi connectivity index (χ2v) is 8.88. The lowest BCUT2D eigenvalue weighted by molar-refractivity contribution is -0.140. The summed E-state index contributed by atoms with van der Waals surface area (Å²) in [7, 11) is 0. The summed E-state index contributed by atoms with van der Waals surface area (Å²) in [6, 6.07) is 2.96. The van der Waals surface area contributed by atoms with Crippen molar-refractivity contribution in [3.8, 4) is 0 Å². The molecule has 0 bridgehead atoms. The minimum Gasteiger partial charge on any atom is -0.466 e. The highest BCUT2D eigenvalue weighted by molar-refractivity contribution is 5.72. The van der Waals surface area contributed by atoms with E-state index in [9.17, 15) is 14.0 Å². The van der Waals surface area contributed by atoms with Gasteiger partial charge in [-0.25, -0.2) is 14.2 Å². The second-order valence-electron chi connectivity index (χ2n) is 8.88. The van der Waals surface area contributed by atoms with Gasteiger partial charge < -0.3 is 14.8 Å². The first-order valence-corrected chi connectivity index (χ1v) is 10.4. The molecule has 0 fully saturated rings. The molecular weight excluding hydrogens is 417 g/mol. The number of nitrogens with one attached hydrogen (secondary N) is 2. The van der Waals surface area contributed by atoms with E-state index in [0.717, 1.165) is 11.3 Å². The number of aromatic nitrogens is 3. The molecule has 2 aromatic heterocycles. The fraction of sp³-hybridized carbons (Fsp3) is 0.545. The Bertz CT molecular complexity index is 981. The Morgan fingerprint density at radius 3 is 2.47 bits per heavy atom. The lowest BCUT2D eigenvalue weighted by atomic mass is 10.0. The quantitative estimate of drug-likeness (QED) is 0.662. The zero-order chi connectivity index (χ0) is 24.3. The topological polar surface area (TPSA) is 109 Å².